The van der Waals surface area contributed by atoms with E-state index in [1.807, 2.05) is 18.2 Å². The zero-order valence-corrected chi connectivity index (χ0v) is 20.8. The molecular formula is C36H20N2O. The number of rotatable bonds is 2. The van der Waals surface area contributed by atoms with E-state index in [2.05, 4.69) is 103 Å². The fourth-order valence-corrected chi connectivity index (χ4v) is 6.25. The SMILES string of the molecule is c1ccc(-c2nc(-c3ccc4c(c3)c3cccc5oc6c7ccccc7cc4c6c53)nc3ccccc23)cc1. The molecular weight excluding hydrogens is 476 g/mol. The fraction of sp³-hybridized carbons (Fsp3) is 0. The Labute approximate surface area is 223 Å². The van der Waals surface area contributed by atoms with Gasteiger partial charge in [-0.15, -0.1) is 0 Å². The van der Waals surface area contributed by atoms with Crippen molar-refractivity contribution in [3.8, 4) is 22.6 Å². The van der Waals surface area contributed by atoms with Crippen LogP contribution in [0, 0.1) is 0 Å². The first-order valence-electron chi connectivity index (χ1n) is 13.2. The van der Waals surface area contributed by atoms with Gasteiger partial charge in [-0.2, -0.15) is 0 Å². The molecule has 0 spiro atoms. The minimum Gasteiger partial charge on any atom is -0.455 e. The molecule has 9 aromatic rings. The molecule has 3 nitrogen and oxygen atoms in total. The van der Waals surface area contributed by atoms with Crippen molar-refractivity contribution in [1.29, 1.82) is 0 Å². The Hall–Kier alpha value is -5.28. The van der Waals surface area contributed by atoms with Crippen molar-refractivity contribution in [3.63, 3.8) is 0 Å². The third-order valence-electron chi connectivity index (χ3n) is 8.00. The van der Waals surface area contributed by atoms with Crippen molar-refractivity contribution in [2.24, 2.45) is 0 Å². The van der Waals surface area contributed by atoms with Crippen molar-refractivity contribution in [2.75, 3.05) is 0 Å². The molecule has 0 saturated carbocycles. The Bertz CT molecular complexity index is 2390. The van der Waals surface area contributed by atoms with E-state index in [1.54, 1.807) is 0 Å². The van der Waals surface area contributed by atoms with Crippen molar-refractivity contribution in [2.45, 2.75) is 0 Å². The summed E-state index contributed by atoms with van der Waals surface area (Å²) in [5.41, 5.74) is 5.85. The summed E-state index contributed by atoms with van der Waals surface area (Å²) in [4.78, 5) is 10.1. The number of fused-ring (bicyclic) bond motifs is 6. The van der Waals surface area contributed by atoms with Crippen LogP contribution in [0.1, 0.15) is 0 Å². The van der Waals surface area contributed by atoms with Crippen LogP contribution in [-0.4, -0.2) is 9.97 Å². The van der Waals surface area contributed by atoms with Crippen LogP contribution in [0.25, 0.3) is 87.8 Å². The summed E-state index contributed by atoms with van der Waals surface area (Å²) in [5.74, 6) is 0.726. The predicted molar refractivity (Wildman–Crippen MR) is 161 cm³/mol. The van der Waals surface area contributed by atoms with E-state index in [0.29, 0.717) is 0 Å². The molecule has 0 aliphatic carbocycles. The molecule has 3 heteroatoms. The van der Waals surface area contributed by atoms with Gasteiger partial charge in [-0.25, -0.2) is 9.97 Å². The molecule has 39 heavy (non-hydrogen) atoms. The molecule has 7 aromatic carbocycles. The molecule has 0 N–H and O–H groups in total. The van der Waals surface area contributed by atoms with Gasteiger partial charge in [0.25, 0.3) is 0 Å². The van der Waals surface area contributed by atoms with Gasteiger partial charge in [0, 0.05) is 32.7 Å². The van der Waals surface area contributed by atoms with Crippen LogP contribution in [0.5, 0.6) is 0 Å². The van der Waals surface area contributed by atoms with Gasteiger partial charge >= 0.3 is 0 Å². The third kappa shape index (κ3) is 2.87. The van der Waals surface area contributed by atoms with Crippen LogP contribution in [0.2, 0.25) is 0 Å². The number of furan rings is 1. The van der Waals surface area contributed by atoms with Crippen LogP contribution in [0.3, 0.4) is 0 Å². The van der Waals surface area contributed by atoms with Crippen LogP contribution in [0.15, 0.2) is 126 Å². The molecule has 0 amide bonds. The van der Waals surface area contributed by atoms with Gasteiger partial charge < -0.3 is 4.42 Å². The lowest BCUT2D eigenvalue weighted by atomic mass is 9.91. The average Bonchev–Trinajstić information content (AvgIpc) is 3.41. The molecule has 0 saturated heterocycles. The molecule has 0 atom stereocenters. The summed E-state index contributed by atoms with van der Waals surface area (Å²) < 4.78 is 6.50. The van der Waals surface area contributed by atoms with E-state index in [4.69, 9.17) is 14.4 Å². The molecule has 0 aliphatic rings. The molecule has 0 aliphatic heterocycles. The lowest BCUT2D eigenvalue weighted by Crippen LogP contribution is -1.95. The third-order valence-corrected chi connectivity index (χ3v) is 8.00. The van der Waals surface area contributed by atoms with Gasteiger partial charge in [-0.05, 0) is 51.2 Å². The van der Waals surface area contributed by atoms with Gasteiger partial charge in [0.2, 0.25) is 0 Å². The van der Waals surface area contributed by atoms with Gasteiger partial charge in [0.1, 0.15) is 11.2 Å². The number of benzene rings is 7. The van der Waals surface area contributed by atoms with Crippen LogP contribution >= 0.6 is 0 Å². The minimum absolute atomic E-state index is 0.726. The van der Waals surface area contributed by atoms with E-state index < -0.39 is 0 Å². The quantitative estimate of drug-likeness (QED) is 0.177. The van der Waals surface area contributed by atoms with E-state index in [1.165, 1.54) is 37.7 Å². The lowest BCUT2D eigenvalue weighted by Gasteiger charge is -2.12. The lowest BCUT2D eigenvalue weighted by molar-refractivity contribution is 0.673. The molecule has 9 rings (SSSR count). The van der Waals surface area contributed by atoms with Crippen molar-refractivity contribution in [3.05, 3.63) is 121 Å². The highest BCUT2D eigenvalue weighted by atomic mass is 16.3. The van der Waals surface area contributed by atoms with E-state index in [9.17, 15) is 0 Å². The van der Waals surface area contributed by atoms with Gasteiger partial charge in [0.15, 0.2) is 5.82 Å². The number of nitrogens with zero attached hydrogens (tertiary/aromatic N) is 2. The molecule has 0 fully saturated rings. The molecule has 0 bridgehead atoms. The summed E-state index contributed by atoms with van der Waals surface area (Å²) in [5, 5.41) is 10.6. The average molecular weight is 497 g/mol. The van der Waals surface area contributed by atoms with Crippen molar-refractivity contribution in [1.82, 2.24) is 9.97 Å². The van der Waals surface area contributed by atoms with Crippen LogP contribution < -0.4 is 0 Å². The number of hydrogen-bond acceptors (Lipinski definition) is 3. The minimum atomic E-state index is 0.726. The Morgan fingerprint density at radius 1 is 0.462 bits per heavy atom. The maximum absolute atomic E-state index is 6.50. The van der Waals surface area contributed by atoms with Crippen LogP contribution in [-0.2, 0) is 0 Å². The van der Waals surface area contributed by atoms with Crippen molar-refractivity contribution >= 4 is 65.2 Å². The first-order valence-corrected chi connectivity index (χ1v) is 13.2. The summed E-state index contributed by atoms with van der Waals surface area (Å²) in [6.07, 6.45) is 0. The Balaban J connectivity index is 1.38. The largest absolute Gasteiger partial charge is 0.455 e. The van der Waals surface area contributed by atoms with Gasteiger partial charge in [0.05, 0.1) is 11.2 Å². The maximum atomic E-state index is 6.50. The van der Waals surface area contributed by atoms with Gasteiger partial charge in [-0.1, -0.05) is 97.1 Å². The highest BCUT2D eigenvalue weighted by Gasteiger charge is 2.20. The molecule has 180 valence electrons. The number of aromatic nitrogens is 2. The number of para-hydroxylation sites is 1. The summed E-state index contributed by atoms with van der Waals surface area (Å²) in [6, 6.07) is 42.4. The summed E-state index contributed by atoms with van der Waals surface area (Å²) in [7, 11) is 0. The fourth-order valence-electron chi connectivity index (χ4n) is 6.25. The highest BCUT2D eigenvalue weighted by molar-refractivity contribution is 6.36. The number of hydrogen-bond donors (Lipinski definition) is 0. The topological polar surface area (TPSA) is 38.9 Å². The second kappa shape index (κ2) is 7.62. The second-order valence-electron chi connectivity index (χ2n) is 10.2. The normalized spacial score (nSPS) is 12.1. The standard InChI is InChI=1S/C36H20N2O/c1-2-9-21(10-3-1)34-27-13-6-7-15-30(27)37-36(38-34)23-17-18-25-28(20-23)26-14-8-16-31-32(26)33-29(25)19-22-11-4-5-12-24(22)35(33)39-31/h1-20H. The van der Waals surface area contributed by atoms with E-state index in [-0.39, 0.29) is 0 Å². The van der Waals surface area contributed by atoms with E-state index in [0.717, 1.165) is 50.1 Å². The van der Waals surface area contributed by atoms with Crippen LogP contribution in [0.4, 0.5) is 0 Å². The zero-order chi connectivity index (χ0) is 25.5. The first-order chi connectivity index (χ1) is 19.3. The summed E-state index contributed by atoms with van der Waals surface area (Å²) >= 11 is 0. The Morgan fingerprint density at radius 3 is 2.18 bits per heavy atom. The van der Waals surface area contributed by atoms with Crippen molar-refractivity contribution < 1.29 is 4.42 Å². The second-order valence-corrected chi connectivity index (χ2v) is 10.2. The first kappa shape index (κ1) is 20.7. The molecule has 2 aromatic heterocycles. The summed E-state index contributed by atoms with van der Waals surface area (Å²) in [6.45, 7) is 0. The smallest absolute Gasteiger partial charge is 0.160 e. The molecule has 2 heterocycles. The Kier molecular flexibility index (Phi) is 4.05. The highest BCUT2D eigenvalue weighted by Crippen LogP contribution is 2.45. The van der Waals surface area contributed by atoms with Gasteiger partial charge in [-0.3, -0.25) is 0 Å². The van der Waals surface area contributed by atoms with E-state index >= 15 is 0 Å². The monoisotopic (exact) mass is 496 g/mol. The zero-order valence-electron chi connectivity index (χ0n) is 20.8. The Morgan fingerprint density at radius 2 is 1.26 bits per heavy atom. The maximum Gasteiger partial charge on any atom is 0.160 e. The predicted octanol–water partition coefficient (Wildman–Crippen LogP) is 9.76. The molecule has 0 unspecified atom stereocenters. The molecule has 0 radical (unpaired) electrons.